The maximum Gasteiger partial charge on any atom is 4.00 e. The summed E-state index contributed by atoms with van der Waals surface area (Å²) >= 11 is 0. The number of fused-ring (bicyclic) bond motifs is 16. The summed E-state index contributed by atoms with van der Waals surface area (Å²) in [5, 5.41) is 37.8. The van der Waals surface area contributed by atoms with Gasteiger partial charge in [-0.15, -0.1) is 22.1 Å². The topological polar surface area (TPSA) is 261 Å². The van der Waals surface area contributed by atoms with Crippen LogP contribution in [0.15, 0.2) is 80.9 Å². The first-order valence-corrected chi connectivity index (χ1v) is 27.6. The molecule has 0 aliphatic carbocycles. The number of allylic oxidation sites excluding steroid dienone is 9. The average Bonchev–Trinajstić information content (AvgIpc) is 1.94. The molecule has 6 aromatic rings. The number of hydrogen-bond donors (Lipinski definition) is 6. The van der Waals surface area contributed by atoms with Crippen molar-refractivity contribution in [2.45, 2.75) is 107 Å². The quantitative estimate of drug-likeness (QED) is 0.0493. The molecule has 0 saturated heterocycles. The third-order valence-electron chi connectivity index (χ3n) is 16.3. The maximum atomic E-state index is 11.5. The van der Waals surface area contributed by atoms with Gasteiger partial charge < -0.3 is 40.4 Å². The molecule has 10 rings (SSSR count). The molecule has 16 nitrogen and oxygen atoms in total. The molecule has 4 aliphatic rings. The molecular weight excluding hydrogens is 1110 g/mol. The maximum absolute atomic E-state index is 11.5. The van der Waals surface area contributed by atoms with Crippen molar-refractivity contribution in [1.82, 2.24) is 39.9 Å². The number of nitrogens with zero attached hydrogens (tertiary/aromatic N) is 6. The van der Waals surface area contributed by atoms with Gasteiger partial charge in [0.05, 0.1) is 45.6 Å². The minimum Gasteiger partial charge on any atom is -0.657 e. The Morgan fingerprint density at radius 3 is 1.25 bits per heavy atom. The summed E-state index contributed by atoms with van der Waals surface area (Å²) < 4.78 is 0. The zero-order valence-corrected chi connectivity index (χ0v) is 50.0. The van der Waals surface area contributed by atoms with Crippen molar-refractivity contribution in [3.05, 3.63) is 171 Å². The van der Waals surface area contributed by atoms with Gasteiger partial charge >= 0.3 is 40.9 Å². The van der Waals surface area contributed by atoms with Crippen LogP contribution < -0.4 is 9.97 Å². The van der Waals surface area contributed by atoms with Crippen LogP contribution in [0.2, 0.25) is 0 Å². The van der Waals surface area contributed by atoms with Crippen molar-refractivity contribution in [2.75, 3.05) is 0 Å². The summed E-state index contributed by atoms with van der Waals surface area (Å²) in [6.45, 7) is 32.0. The monoisotopic (exact) mass is 1180 g/mol. The Morgan fingerprint density at radius 1 is 0.400 bits per heavy atom. The number of aliphatic carboxylic acids is 4. The Labute approximate surface area is 502 Å². The van der Waals surface area contributed by atoms with Crippen LogP contribution in [0.3, 0.4) is 0 Å². The fraction of sp³-hybridized carbons (Fsp3) is 0.235. The Balaban J connectivity index is 0.000000219. The Morgan fingerprint density at radius 2 is 0.765 bits per heavy atom. The van der Waals surface area contributed by atoms with E-state index in [1.807, 2.05) is 110 Å². The van der Waals surface area contributed by atoms with Crippen LogP contribution in [-0.2, 0) is 42.7 Å². The van der Waals surface area contributed by atoms with E-state index in [1.165, 1.54) is 0 Å². The molecule has 17 heteroatoms. The normalized spacial score (nSPS) is 12.9. The molecular formula is C68H66FeN8O8+2. The minimum absolute atomic E-state index is 0. The number of carbonyl (C=O) groups is 4. The van der Waals surface area contributed by atoms with E-state index in [0.717, 1.165) is 139 Å². The molecule has 10 heterocycles. The summed E-state index contributed by atoms with van der Waals surface area (Å²) in [6, 6.07) is 15.5. The van der Waals surface area contributed by atoms with Crippen molar-refractivity contribution in [3.8, 4) is 0 Å². The molecule has 0 atom stereocenters. The van der Waals surface area contributed by atoms with Crippen LogP contribution in [0, 0.1) is 27.7 Å². The Bertz CT molecular complexity index is 4400. The molecule has 432 valence electrons. The van der Waals surface area contributed by atoms with Gasteiger partial charge in [0.15, 0.2) is 0 Å². The number of aromatic amines is 2. The van der Waals surface area contributed by atoms with Crippen molar-refractivity contribution in [1.29, 1.82) is 0 Å². The van der Waals surface area contributed by atoms with E-state index in [2.05, 4.69) is 42.4 Å². The smallest absolute Gasteiger partial charge is 0.657 e. The first kappa shape index (κ1) is 61.6. The van der Waals surface area contributed by atoms with Crippen LogP contribution >= 0.6 is 0 Å². The van der Waals surface area contributed by atoms with Gasteiger partial charge in [-0.1, -0.05) is 91.6 Å². The van der Waals surface area contributed by atoms with Crippen molar-refractivity contribution in [2.24, 2.45) is 0 Å². The molecule has 0 unspecified atom stereocenters. The van der Waals surface area contributed by atoms with E-state index in [0.29, 0.717) is 65.2 Å². The number of aryl methyl sites for hydroxylation is 5. The average molecular weight is 1180 g/mol. The third kappa shape index (κ3) is 12.3. The van der Waals surface area contributed by atoms with E-state index >= 15 is 0 Å². The van der Waals surface area contributed by atoms with Crippen LogP contribution in [0.4, 0.5) is 0 Å². The zero-order chi connectivity index (χ0) is 60.6. The second kappa shape index (κ2) is 25.2. The molecule has 4 aliphatic heterocycles. The van der Waals surface area contributed by atoms with E-state index < -0.39 is 23.9 Å². The number of carboxylic acids is 4. The second-order valence-corrected chi connectivity index (χ2v) is 21.3. The van der Waals surface area contributed by atoms with Gasteiger partial charge in [0.2, 0.25) is 0 Å². The molecule has 16 bridgehead atoms. The molecule has 0 aromatic carbocycles. The molecule has 6 aromatic heterocycles. The first-order chi connectivity index (χ1) is 40.0. The number of H-pyrrole nitrogens is 2. The largest absolute Gasteiger partial charge is 4.00 e. The first-order valence-electron chi connectivity index (χ1n) is 27.6. The third-order valence-corrected chi connectivity index (χ3v) is 16.3. The minimum atomic E-state index is -0.898. The van der Waals surface area contributed by atoms with Crippen molar-refractivity contribution < 1.29 is 56.7 Å². The van der Waals surface area contributed by atoms with Gasteiger partial charge in [-0.3, -0.25) is 19.2 Å². The van der Waals surface area contributed by atoms with Gasteiger partial charge in [-0.2, -0.15) is 0 Å². The van der Waals surface area contributed by atoms with Crippen LogP contribution in [-0.4, -0.2) is 74.2 Å². The second-order valence-electron chi connectivity index (χ2n) is 21.3. The SMILES string of the molecule is C=CC1=C(C)c2cc3[n-]c(cc4nc(cc5[n-]c(cc1n2)c(C)c5CCC(=O)O)C(CCC(=O)O)=C4C)c(C)c3C=C.C=Cc1c(C)c2cc3[nH]c(cc4nc(cc5nc(cc1[nH]2)C(C)=C5CCC(=O)O)C(CCC(=O)O)=C4C)c(C)c3C=C.[Fe+4]. The number of aromatic nitrogens is 8. The standard InChI is InChI=1S/2C34H34N4O4.Fe/c2*1-7-21-17(3)25-13-26-19(5)23(9-11-33(39)40)31(37-26)16-32-24(10-12-34(41)42)20(6)28(38-32)15-30-22(8-2)18(4)27(36-30)14-29(21)35-25;/h7-8,13-16H,1-2,9-12H2,3-6H3,(H4,35,36,37,38,39,40,41,42);7-8,13-16,35-36H,1-2,9-12H2,3-6H3,(H,39,40)(H,41,42);/q;;+4/p-2. The molecule has 0 saturated carbocycles. The van der Waals surface area contributed by atoms with Gasteiger partial charge in [0, 0.05) is 64.5 Å². The molecule has 0 fully saturated rings. The molecule has 0 amide bonds. The van der Waals surface area contributed by atoms with Crippen LogP contribution in [0.25, 0.3) is 107 Å². The van der Waals surface area contributed by atoms with Gasteiger partial charge in [0.25, 0.3) is 0 Å². The predicted molar refractivity (Wildman–Crippen MR) is 336 cm³/mol. The van der Waals surface area contributed by atoms with E-state index in [4.69, 9.17) is 29.9 Å². The number of nitrogens with one attached hydrogen (secondary N) is 2. The summed E-state index contributed by atoms with van der Waals surface area (Å²) in [7, 11) is 0. The number of carboxylic acid groups (broad SMARTS) is 4. The fourth-order valence-corrected chi connectivity index (χ4v) is 11.4. The number of rotatable bonds is 16. The van der Waals surface area contributed by atoms with E-state index in [1.54, 1.807) is 12.2 Å². The fourth-order valence-electron chi connectivity index (χ4n) is 11.4. The van der Waals surface area contributed by atoms with Crippen molar-refractivity contribution in [3.63, 3.8) is 0 Å². The molecule has 6 N–H and O–H groups in total. The van der Waals surface area contributed by atoms with Gasteiger partial charge in [0.1, 0.15) is 0 Å². The molecule has 0 radical (unpaired) electrons. The zero-order valence-electron chi connectivity index (χ0n) is 48.9. The molecule has 85 heavy (non-hydrogen) atoms. The Kier molecular flexibility index (Phi) is 18.3. The van der Waals surface area contributed by atoms with Gasteiger partial charge in [-0.25, -0.2) is 19.9 Å². The van der Waals surface area contributed by atoms with Crippen LogP contribution in [0.1, 0.15) is 163 Å². The summed E-state index contributed by atoms with van der Waals surface area (Å²) in [5.74, 6) is -3.57. The number of hydrogen-bond acceptors (Lipinski definition) is 8. The summed E-state index contributed by atoms with van der Waals surface area (Å²) in [5.41, 5.74) is 26.3. The van der Waals surface area contributed by atoms with Crippen LogP contribution in [0.5, 0.6) is 0 Å². The summed E-state index contributed by atoms with van der Waals surface area (Å²) in [6.07, 6.45) is 8.26. The summed E-state index contributed by atoms with van der Waals surface area (Å²) in [4.78, 5) is 82.8. The molecule has 0 spiro atoms. The van der Waals surface area contributed by atoms with Gasteiger partial charge in [-0.05, 0) is 161 Å². The van der Waals surface area contributed by atoms with E-state index in [9.17, 15) is 39.6 Å². The van der Waals surface area contributed by atoms with Crippen molar-refractivity contribution >= 4 is 131 Å². The van der Waals surface area contributed by atoms with E-state index in [-0.39, 0.29) is 42.8 Å². The Hall–Kier alpha value is -9.44. The predicted octanol–water partition coefficient (Wildman–Crippen LogP) is 14.6.